The highest BCUT2D eigenvalue weighted by molar-refractivity contribution is 6.33. The molecule has 0 atom stereocenters. The van der Waals surface area contributed by atoms with Crippen molar-refractivity contribution >= 4 is 39.9 Å². The minimum atomic E-state index is -0.337. The molecule has 0 bridgehead atoms. The largest absolute Gasteiger partial charge is 0.471 e. The van der Waals surface area contributed by atoms with Gasteiger partial charge in [-0.2, -0.15) is 0 Å². The zero-order chi connectivity index (χ0) is 18.6. The fraction of sp³-hybridized carbons (Fsp3) is 0.250. The Morgan fingerprint density at radius 1 is 1.08 bits per heavy atom. The van der Waals surface area contributed by atoms with Crippen LogP contribution in [0.1, 0.15) is 22.3 Å². The van der Waals surface area contributed by atoms with E-state index in [1.807, 2.05) is 32.0 Å². The molecule has 2 heterocycles. The number of hydrogen-bond donors (Lipinski definition) is 0. The summed E-state index contributed by atoms with van der Waals surface area (Å²) in [5.41, 5.74) is 4.49. The van der Waals surface area contributed by atoms with Crippen LogP contribution >= 0.6 is 23.2 Å². The lowest BCUT2D eigenvalue weighted by atomic mass is 10.0. The Morgan fingerprint density at radius 3 is 2.62 bits per heavy atom. The summed E-state index contributed by atoms with van der Waals surface area (Å²) in [7, 11) is 0. The van der Waals surface area contributed by atoms with Gasteiger partial charge in [0.05, 0.1) is 17.1 Å². The fourth-order valence-electron chi connectivity index (χ4n) is 3.34. The monoisotopic (exact) mass is 389 g/mol. The van der Waals surface area contributed by atoms with Crippen LogP contribution in [0.25, 0.3) is 11.0 Å². The molecular weight excluding hydrogens is 373 g/mol. The van der Waals surface area contributed by atoms with Crippen LogP contribution in [0.4, 0.5) is 5.69 Å². The number of rotatable bonds is 1. The fourth-order valence-corrected chi connectivity index (χ4v) is 3.79. The molecule has 1 aromatic heterocycles. The van der Waals surface area contributed by atoms with Crippen molar-refractivity contribution in [2.24, 2.45) is 0 Å². The van der Waals surface area contributed by atoms with Crippen molar-refractivity contribution in [3.8, 4) is 5.75 Å². The van der Waals surface area contributed by atoms with E-state index < -0.39 is 0 Å². The third kappa shape index (κ3) is 2.65. The van der Waals surface area contributed by atoms with Gasteiger partial charge in [-0.1, -0.05) is 29.3 Å². The first-order valence-corrected chi connectivity index (χ1v) is 9.01. The van der Waals surface area contributed by atoms with Crippen LogP contribution in [0.15, 0.2) is 33.5 Å². The van der Waals surface area contributed by atoms with Gasteiger partial charge in [0.2, 0.25) is 0 Å². The molecular formula is C20H17Cl2NO3. The molecule has 1 aliphatic heterocycles. The highest BCUT2D eigenvalue weighted by atomic mass is 35.5. The maximum absolute atomic E-state index is 12.2. The smallest absolute Gasteiger partial charge is 0.339 e. The van der Waals surface area contributed by atoms with E-state index in [4.69, 9.17) is 32.4 Å². The van der Waals surface area contributed by atoms with Crippen molar-refractivity contribution in [3.05, 3.63) is 67.0 Å². The number of hydrogen-bond acceptors (Lipinski definition) is 4. The standard InChI is InChI=1S/C20H17Cl2NO3/c1-10-4-5-13(21)6-17(10)23-8-15-18-14(7-16(22)19(15)25-9-23)11(2)12(3)20(24)26-18/h4-7H,8-9H2,1-3H3. The molecule has 26 heavy (non-hydrogen) atoms. The molecule has 4 rings (SSSR count). The first-order valence-electron chi connectivity index (χ1n) is 8.26. The highest BCUT2D eigenvalue weighted by Gasteiger charge is 2.26. The Hall–Kier alpha value is -2.17. The van der Waals surface area contributed by atoms with E-state index >= 15 is 0 Å². The number of fused-ring (bicyclic) bond motifs is 3. The van der Waals surface area contributed by atoms with Gasteiger partial charge in [0.15, 0.2) is 6.73 Å². The Balaban J connectivity index is 1.92. The predicted molar refractivity (Wildman–Crippen MR) is 105 cm³/mol. The SMILES string of the molecule is Cc1ccc(Cl)cc1N1COc2c(Cl)cc3c(C)c(C)c(=O)oc3c2C1. The molecule has 0 amide bonds. The average molecular weight is 390 g/mol. The van der Waals surface area contributed by atoms with Crippen LogP contribution in [0.5, 0.6) is 5.75 Å². The third-order valence-electron chi connectivity index (χ3n) is 4.97. The molecule has 0 N–H and O–H groups in total. The zero-order valence-electron chi connectivity index (χ0n) is 14.7. The summed E-state index contributed by atoms with van der Waals surface area (Å²) in [5, 5.41) is 2.01. The molecule has 1 aliphatic rings. The number of anilines is 1. The normalized spacial score (nSPS) is 13.7. The molecule has 0 unspecified atom stereocenters. The van der Waals surface area contributed by atoms with E-state index in [-0.39, 0.29) is 5.63 Å². The van der Waals surface area contributed by atoms with Crippen LogP contribution in [0.3, 0.4) is 0 Å². The van der Waals surface area contributed by atoms with Gasteiger partial charge in [0.25, 0.3) is 0 Å². The van der Waals surface area contributed by atoms with Crippen molar-refractivity contribution in [1.82, 2.24) is 0 Å². The average Bonchev–Trinajstić information content (AvgIpc) is 2.63. The van der Waals surface area contributed by atoms with Crippen molar-refractivity contribution in [2.75, 3.05) is 11.6 Å². The molecule has 134 valence electrons. The number of aryl methyl sites for hydroxylation is 2. The van der Waals surface area contributed by atoms with Gasteiger partial charge in [-0.25, -0.2) is 4.79 Å². The van der Waals surface area contributed by atoms with Crippen LogP contribution in [-0.2, 0) is 6.54 Å². The number of ether oxygens (including phenoxy) is 1. The topological polar surface area (TPSA) is 42.7 Å². The first kappa shape index (κ1) is 17.3. The molecule has 6 heteroatoms. The quantitative estimate of drug-likeness (QED) is 0.523. The van der Waals surface area contributed by atoms with Gasteiger partial charge in [-0.15, -0.1) is 0 Å². The van der Waals surface area contributed by atoms with Crippen molar-refractivity contribution in [3.63, 3.8) is 0 Å². The molecule has 2 aromatic carbocycles. The number of halogens is 2. The Kier molecular flexibility index (Phi) is 4.13. The lowest BCUT2D eigenvalue weighted by Gasteiger charge is -2.32. The molecule has 0 fully saturated rings. The molecule has 4 nitrogen and oxygen atoms in total. The van der Waals surface area contributed by atoms with Gasteiger partial charge in [0, 0.05) is 21.7 Å². The first-order chi connectivity index (χ1) is 12.4. The van der Waals surface area contributed by atoms with Gasteiger partial charge < -0.3 is 14.1 Å². The van der Waals surface area contributed by atoms with Crippen molar-refractivity contribution in [1.29, 1.82) is 0 Å². The lowest BCUT2D eigenvalue weighted by Crippen LogP contribution is -2.32. The van der Waals surface area contributed by atoms with Crippen LogP contribution in [0, 0.1) is 20.8 Å². The van der Waals surface area contributed by atoms with E-state index in [1.54, 1.807) is 13.0 Å². The molecule has 0 saturated carbocycles. The van der Waals surface area contributed by atoms with E-state index in [1.165, 1.54) is 0 Å². The third-order valence-corrected chi connectivity index (χ3v) is 5.49. The van der Waals surface area contributed by atoms with Gasteiger partial charge >= 0.3 is 5.63 Å². The van der Waals surface area contributed by atoms with E-state index in [9.17, 15) is 4.79 Å². The predicted octanol–water partition coefficient (Wildman–Crippen LogP) is 5.38. The number of benzene rings is 2. The van der Waals surface area contributed by atoms with Crippen molar-refractivity contribution < 1.29 is 9.15 Å². The Bertz CT molecular complexity index is 1100. The van der Waals surface area contributed by atoms with E-state index in [2.05, 4.69) is 4.90 Å². The van der Waals surface area contributed by atoms with E-state index in [0.717, 1.165) is 27.8 Å². The van der Waals surface area contributed by atoms with Crippen molar-refractivity contribution in [2.45, 2.75) is 27.3 Å². The Labute approximate surface area is 160 Å². The van der Waals surface area contributed by atoms with Gasteiger partial charge in [0.1, 0.15) is 11.3 Å². The zero-order valence-corrected chi connectivity index (χ0v) is 16.2. The van der Waals surface area contributed by atoms with Crippen LogP contribution in [0.2, 0.25) is 10.0 Å². The highest BCUT2D eigenvalue weighted by Crippen LogP contribution is 2.41. The molecule has 3 aromatic rings. The second-order valence-corrected chi connectivity index (χ2v) is 7.43. The van der Waals surface area contributed by atoms with Crippen LogP contribution < -0.4 is 15.3 Å². The lowest BCUT2D eigenvalue weighted by molar-refractivity contribution is 0.289. The minimum Gasteiger partial charge on any atom is -0.471 e. The Morgan fingerprint density at radius 2 is 1.85 bits per heavy atom. The van der Waals surface area contributed by atoms with Gasteiger partial charge in [-0.05, 0) is 50.1 Å². The van der Waals surface area contributed by atoms with E-state index in [0.29, 0.717) is 40.2 Å². The molecule has 0 radical (unpaired) electrons. The van der Waals surface area contributed by atoms with Gasteiger partial charge in [-0.3, -0.25) is 0 Å². The second kappa shape index (κ2) is 6.22. The maximum Gasteiger partial charge on any atom is 0.339 e. The van der Waals surface area contributed by atoms with Crippen LogP contribution in [-0.4, -0.2) is 6.73 Å². The minimum absolute atomic E-state index is 0.337. The number of nitrogens with zero attached hydrogens (tertiary/aromatic N) is 1. The maximum atomic E-state index is 12.2. The molecule has 0 saturated heterocycles. The second-order valence-electron chi connectivity index (χ2n) is 6.58. The molecule has 0 aliphatic carbocycles. The molecule has 0 spiro atoms. The summed E-state index contributed by atoms with van der Waals surface area (Å²) in [5.74, 6) is 0.571. The summed E-state index contributed by atoms with van der Waals surface area (Å²) in [6, 6.07) is 7.54. The summed E-state index contributed by atoms with van der Waals surface area (Å²) >= 11 is 12.6. The summed E-state index contributed by atoms with van der Waals surface area (Å²) in [6.45, 7) is 6.53. The summed E-state index contributed by atoms with van der Waals surface area (Å²) in [4.78, 5) is 14.3. The summed E-state index contributed by atoms with van der Waals surface area (Å²) in [6.07, 6.45) is 0. The summed E-state index contributed by atoms with van der Waals surface area (Å²) < 4.78 is 11.5.